The van der Waals surface area contributed by atoms with Crippen LogP contribution in [0.5, 0.6) is 5.75 Å². The third-order valence-electron chi connectivity index (χ3n) is 7.22. The van der Waals surface area contributed by atoms with E-state index in [2.05, 4.69) is 6.92 Å². The van der Waals surface area contributed by atoms with Crippen LogP contribution < -0.4 is 9.64 Å². The summed E-state index contributed by atoms with van der Waals surface area (Å²) in [5.41, 5.74) is 4.27. The molecule has 4 aromatic carbocycles. The predicted octanol–water partition coefficient (Wildman–Crippen LogP) is 7.64. The lowest BCUT2D eigenvalue weighted by Gasteiger charge is -2.48. The molecule has 5 rings (SSSR count). The van der Waals surface area contributed by atoms with Crippen LogP contribution in [0.25, 0.3) is 11.1 Å². The fraction of sp³-hybridized carbons (Fsp3) is 0.242. The zero-order valence-corrected chi connectivity index (χ0v) is 21.8. The predicted molar refractivity (Wildman–Crippen MR) is 148 cm³/mol. The number of halogens is 2. The average Bonchev–Trinajstić information content (AvgIpc) is 2.96. The zero-order chi connectivity index (χ0) is 27.4. The summed E-state index contributed by atoms with van der Waals surface area (Å²) in [6.07, 6.45) is 0.950. The van der Waals surface area contributed by atoms with Crippen LogP contribution in [0.15, 0.2) is 97.1 Å². The summed E-state index contributed by atoms with van der Waals surface area (Å²) < 4.78 is 32.7. The molecule has 0 saturated carbocycles. The van der Waals surface area contributed by atoms with E-state index in [4.69, 9.17) is 4.74 Å². The van der Waals surface area contributed by atoms with Gasteiger partial charge in [-0.2, -0.15) is 0 Å². The summed E-state index contributed by atoms with van der Waals surface area (Å²) in [5, 5.41) is 10.7. The molecule has 0 radical (unpaired) electrons. The normalized spacial score (nSPS) is 17.5. The van der Waals surface area contributed by atoms with Crippen LogP contribution in [0, 0.1) is 17.6 Å². The van der Waals surface area contributed by atoms with Gasteiger partial charge < -0.3 is 14.7 Å². The number of benzene rings is 4. The van der Waals surface area contributed by atoms with Crippen molar-refractivity contribution in [2.75, 3.05) is 11.5 Å². The van der Waals surface area contributed by atoms with Crippen molar-refractivity contribution in [2.24, 2.45) is 5.92 Å². The first-order chi connectivity index (χ1) is 18.9. The van der Waals surface area contributed by atoms with Gasteiger partial charge in [0.1, 0.15) is 17.4 Å². The Balaban J connectivity index is 1.38. The first kappa shape index (κ1) is 26.6. The van der Waals surface area contributed by atoms with Gasteiger partial charge in [0.25, 0.3) is 0 Å². The molecule has 1 fully saturated rings. The van der Waals surface area contributed by atoms with E-state index >= 15 is 0 Å². The van der Waals surface area contributed by atoms with E-state index in [9.17, 15) is 18.7 Å². The minimum absolute atomic E-state index is 0.0669. The maximum absolute atomic E-state index is 13.6. The molecule has 1 N–H and O–H groups in total. The van der Waals surface area contributed by atoms with Crippen molar-refractivity contribution in [1.82, 2.24) is 0 Å². The Bertz CT molecular complexity index is 1400. The highest BCUT2D eigenvalue weighted by Gasteiger charge is 2.48. The molecule has 1 amide bonds. The van der Waals surface area contributed by atoms with Crippen molar-refractivity contribution in [3.8, 4) is 16.9 Å². The highest BCUT2D eigenvalue weighted by molar-refractivity contribution is 6.03. The molecule has 0 spiro atoms. The standard InChI is InChI=1S/C33H31F2NO3/c1-2-20-39-29-5-3-4-25(21-29)22-6-8-24(9-7-22)32-30(18-19-31(37)23-10-12-26(34)13-11-23)33(38)36(32)28-16-14-27(35)15-17-28/h3-17,21,30-32,37H,2,18-20H2,1H3/t30-,31+,32-/m1/s1. The van der Waals surface area contributed by atoms with Crippen LogP contribution in [-0.4, -0.2) is 17.6 Å². The first-order valence-corrected chi connectivity index (χ1v) is 13.3. The lowest BCUT2D eigenvalue weighted by molar-refractivity contribution is -0.131. The van der Waals surface area contributed by atoms with E-state index < -0.39 is 6.10 Å². The first-order valence-electron chi connectivity index (χ1n) is 13.3. The van der Waals surface area contributed by atoms with Gasteiger partial charge in [-0.3, -0.25) is 4.79 Å². The molecule has 0 aliphatic carbocycles. The molecular weight excluding hydrogens is 496 g/mol. The fourth-order valence-electron chi connectivity index (χ4n) is 5.15. The molecule has 1 saturated heterocycles. The Kier molecular flexibility index (Phi) is 8.03. The minimum atomic E-state index is -0.802. The molecule has 39 heavy (non-hydrogen) atoms. The smallest absolute Gasteiger partial charge is 0.233 e. The van der Waals surface area contributed by atoms with Crippen molar-refractivity contribution in [2.45, 2.75) is 38.3 Å². The number of carbonyl (C=O) groups excluding carboxylic acids is 1. The third kappa shape index (κ3) is 5.86. The lowest BCUT2D eigenvalue weighted by atomic mass is 9.78. The molecule has 1 aliphatic heterocycles. The number of β-lactam (4-membered cyclic amide) rings is 1. The number of hydrogen-bond acceptors (Lipinski definition) is 3. The molecule has 4 nitrogen and oxygen atoms in total. The van der Waals surface area contributed by atoms with Crippen molar-refractivity contribution in [3.05, 3.63) is 120 Å². The molecule has 3 atom stereocenters. The summed E-state index contributed by atoms with van der Waals surface area (Å²) in [7, 11) is 0. The Morgan fingerprint density at radius 2 is 1.54 bits per heavy atom. The van der Waals surface area contributed by atoms with E-state index in [0.29, 0.717) is 30.7 Å². The maximum Gasteiger partial charge on any atom is 0.233 e. The summed E-state index contributed by atoms with van der Waals surface area (Å²) in [6.45, 7) is 2.73. The number of ether oxygens (including phenoxy) is 1. The highest BCUT2D eigenvalue weighted by atomic mass is 19.1. The Hall–Kier alpha value is -4.03. The Morgan fingerprint density at radius 1 is 0.872 bits per heavy atom. The molecule has 6 heteroatoms. The molecule has 1 heterocycles. The van der Waals surface area contributed by atoms with Crippen molar-refractivity contribution >= 4 is 11.6 Å². The van der Waals surface area contributed by atoms with Gasteiger partial charge in [-0.15, -0.1) is 0 Å². The summed E-state index contributed by atoms with van der Waals surface area (Å²) in [4.78, 5) is 15.0. The number of hydrogen-bond donors (Lipinski definition) is 1. The molecular formula is C33H31F2NO3. The monoisotopic (exact) mass is 527 g/mol. The summed E-state index contributed by atoms with van der Waals surface area (Å²) in [5.74, 6) is -0.314. The number of aliphatic hydroxyl groups is 1. The van der Waals surface area contributed by atoms with Gasteiger partial charge in [-0.25, -0.2) is 8.78 Å². The molecule has 0 aromatic heterocycles. The zero-order valence-electron chi connectivity index (χ0n) is 21.8. The molecule has 0 unspecified atom stereocenters. The van der Waals surface area contributed by atoms with Crippen LogP contribution in [0.4, 0.5) is 14.5 Å². The van der Waals surface area contributed by atoms with E-state index in [1.807, 2.05) is 48.5 Å². The molecule has 0 bridgehead atoms. The van der Waals surface area contributed by atoms with Crippen LogP contribution in [-0.2, 0) is 4.79 Å². The fourth-order valence-corrected chi connectivity index (χ4v) is 5.15. The number of rotatable bonds is 10. The quantitative estimate of drug-likeness (QED) is 0.216. The Labute approximate surface area is 227 Å². The summed E-state index contributed by atoms with van der Waals surface area (Å²) >= 11 is 0. The van der Waals surface area contributed by atoms with E-state index in [0.717, 1.165) is 28.9 Å². The Morgan fingerprint density at radius 3 is 2.21 bits per heavy atom. The molecule has 4 aromatic rings. The van der Waals surface area contributed by atoms with Crippen LogP contribution in [0.1, 0.15) is 49.5 Å². The molecule has 1 aliphatic rings. The second kappa shape index (κ2) is 11.8. The van der Waals surface area contributed by atoms with Gasteiger partial charge in [0, 0.05) is 5.69 Å². The van der Waals surface area contributed by atoms with Crippen LogP contribution >= 0.6 is 0 Å². The number of nitrogens with zero attached hydrogens (tertiary/aromatic N) is 1. The second-order valence-electron chi connectivity index (χ2n) is 9.88. The van der Waals surface area contributed by atoms with Gasteiger partial charge in [0.05, 0.1) is 24.7 Å². The van der Waals surface area contributed by atoms with Crippen molar-refractivity contribution in [3.63, 3.8) is 0 Å². The van der Waals surface area contributed by atoms with Crippen molar-refractivity contribution in [1.29, 1.82) is 0 Å². The summed E-state index contributed by atoms with van der Waals surface area (Å²) in [6, 6.07) is 27.5. The van der Waals surface area contributed by atoms with E-state index in [-0.39, 0.29) is 29.5 Å². The van der Waals surface area contributed by atoms with Gasteiger partial charge in [0.2, 0.25) is 5.91 Å². The largest absolute Gasteiger partial charge is 0.494 e. The topological polar surface area (TPSA) is 49.8 Å². The highest BCUT2D eigenvalue weighted by Crippen LogP contribution is 2.46. The van der Waals surface area contributed by atoms with E-state index in [1.54, 1.807) is 29.2 Å². The number of amides is 1. The number of aliphatic hydroxyl groups excluding tert-OH is 1. The van der Waals surface area contributed by atoms with Gasteiger partial charge in [-0.1, -0.05) is 55.5 Å². The number of carbonyl (C=O) groups is 1. The van der Waals surface area contributed by atoms with Crippen LogP contribution in [0.3, 0.4) is 0 Å². The minimum Gasteiger partial charge on any atom is -0.494 e. The van der Waals surface area contributed by atoms with Crippen LogP contribution in [0.2, 0.25) is 0 Å². The number of anilines is 1. The average molecular weight is 528 g/mol. The molecule has 200 valence electrons. The maximum atomic E-state index is 13.6. The van der Waals surface area contributed by atoms with E-state index in [1.165, 1.54) is 24.3 Å². The van der Waals surface area contributed by atoms with Crippen molar-refractivity contribution < 1.29 is 23.4 Å². The second-order valence-corrected chi connectivity index (χ2v) is 9.88. The van der Waals surface area contributed by atoms with Gasteiger partial charge >= 0.3 is 0 Å². The van der Waals surface area contributed by atoms with Gasteiger partial charge in [0.15, 0.2) is 0 Å². The lowest BCUT2D eigenvalue weighted by Crippen LogP contribution is -2.55. The van der Waals surface area contributed by atoms with Gasteiger partial charge in [-0.05, 0) is 90.0 Å². The SMILES string of the molecule is CCCOc1cccc(-c2ccc([C@@H]3[C@@H](CC[C@H](O)c4ccc(F)cc4)C(=O)N3c3ccc(F)cc3)cc2)c1. The third-order valence-corrected chi connectivity index (χ3v) is 7.22.